The molecule has 1 nitrogen and oxygen atoms in total. The van der Waals surface area contributed by atoms with E-state index in [-0.39, 0.29) is 23.7 Å². The van der Waals surface area contributed by atoms with Gasteiger partial charge in [-0.1, -0.05) is 265 Å². The SMILES string of the molecule is CCC(C)C1=CC([C@H](Cc2ccc(Cc3ccccc3)cc2)c2ccc(Cc3ccccc3)cc2)C2C=CC3c4c(ccc1c42)C(N(c1ccc(Cc2ccccc2)cc1)c1ccc(Cc2ccccc2)cc1)=CC3C(C)CC. The molecule has 0 amide bonds. The topological polar surface area (TPSA) is 3.24 Å². The molecule has 0 radical (unpaired) electrons. The van der Waals surface area contributed by atoms with Gasteiger partial charge in [0.2, 0.25) is 0 Å². The van der Waals surface area contributed by atoms with Crippen molar-refractivity contribution in [3.05, 3.63) is 333 Å². The fourth-order valence-corrected chi connectivity index (χ4v) is 13.4. The Morgan fingerprint density at radius 1 is 0.367 bits per heavy atom. The normalized spacial score (nSPS) is 18.2. The Kier molecular flexibility index (Phi) is 15.4. The second-order valence-electron chi connectivity index (χ2n) is 23.1. The van der Waals surface area contributed by atoms with Gasteiger partial charge in [-0.25, -0.2) is 0 Å². The van der Waals surface area contributed by atoms with Gasteiger partial charge in [0.15, 0.2) is 0 Å². The number of hydrogen-bond donors (Lipinski definition) is 0. The second kappa shape index (κ2) is 23.5. The van der Waals surface area contributed by atoms with Crippen molar-refractivity contribution in [3.63, 3.8) is 0 Å². The highest BCUT2D eigenvalue weighted by Crippen LogP contribution is 2.58. The highest BCUT2D eigenvalue weighted by molar-refractivity contribution is 5.92. The first-order valence-corrected chi connectivity index (χ1v) is 29.5. The van der Waals surface area contributed by atoms with Crippen LogP contribution in [0.2, 0.25) is 0 Å². The van der Waals surface area contributed by atoms with Gasteiger partial charge in [0, 0.05) is 34.5 Å². The summed E-state index contributed by atoms with van der Waals surface area (Å²) in [7, 11) is 0. The summed E-state index contributed by atoms with van der Waals surface area (Å²) in [5.74, 6) is 2.23. The molecule has 0 spiro atoms. The molecule has 0 heterocycles. The lowest BCUT2D eigenvalue weighted by molar-refractivity contribution is 0.371. The molecule has 7 atom stereocenters. The van der Waals surface area contributed by atoms with Gasteiger partial charge in [-0.3, -0.25) is 0 Å². The summed E-state index contributed by atoms with van der Waals surface area (Å²) < 4.78 is 0. The van der Waals surface area contributed by atoms with Crippen molar-refractivity contribution in [2.75, 3.05) is 4.90 Å². The van der Waals surface area contributed by atoms with E-state index in [2.05, 4.69) is 287 Å². The third kappa shape index (κ3) is 11.2. The van der Waals surface area contributed by atoms with Crippen LogP contribution in [-0.2, 0) is 32.1 Å². The summed E-state index contributed by atoms with van der Waals surface area (Å²) in [4.78, 5) is 2.60. The molecule has 1 heteroatoms. The fraction of sp³-hybridized carbons (Fsp3) is 0.231. The first kappa shape index (κ1) is 51.7. The first-order chi connectivity index (χ1) is 38.9. The Labute approximate surface area is 471 Å². The van der Waals surface area contributed by atoms with Crippen molar-refractivity contribution >= 4 is 22.6 Å². The largest absolute Gasteiger partial charge is 0.310 e. The molecule has 392 valence electrons. The van der Waals surface area contributed by atoms with Gasteiger partial charge in [0.1, 0.15) is 0 Å². The third-order valence-corrected chi connectivity index (χ3v) is 18.0. The zero-order chi connectivity index (χ0) is 53.7. The Bertz CT molecular complexity index is 3470. The molecule has 3 aliphatic rings. The maximum absolute atomic E-state index is 2.76. The predicted molar refractivity (Wildman–Crippen MR) is 334 cm³/mol. The smallest absolute Gasteiger partial charge is 0.0500 e. The van der Waals surface area contributed by atoms with E-state index in [0.29, 0.717) is 17.8 Å². The van der Waals surface area contributed by atoms with Crippen LogP contribution in [0.1, 0.15) is 136 Å². The molecule has 12 rings (SSSR count). The number of nitrogens with zero attached hydrogens (tertiary/aromatic N) is 1. The summed E-state index contributed by atoms with van der Waals surface area (Å²) in [5, 5.41) is 0. The van der Waals surface area contributed by atoms with E-state index < -0.39 is 0 Å². The molecule has 79 heavy (non-hydrogen) atoms. The first-order valence-electron chi connectivity index (χ1n) is 29.5. The Morgan fingerprint density at radius 3 is 1.19 bits per heavy atom. The molecular weight excluding hydrogens is 951 g/mol. The standard InChI is InChI=1S/C78H75N/c1-5-54(3)72-52-75(74(65-37-31-61(32-38-65)48-57-21-13-8-14-22-57)51-64-29-27-60(28-30-64)47-56-19-11-7-12-20-56)70-44-43-69-73(55(4)6-2)53-76(71-46-45-68(72)77(70)78(69)71)79(66-39-33-62(34-40-66)49-58-23-15-9-16-24-58)67-41-35-63(36-42-67)50-59-25-17-10-18-26-59/h7-46,52-55,69-70,73-75H,5-6,47-51H2,1-4H3/t54?,55?,69?,70?,73?,74-,75?/m1/s1. The Morgan fingerprint density at radius 2 is 0.747 bits per heavy atom. The van der Waals surface area contributed by atoms with Gasteiger partial charge in [-0.05, 0) is 170 Å². The summed E-state index contributed by atoms with van der Waals surface area (Å²) in [6, 6.07) is 86.9. The quantitative estimate of drug-likeness (QED) is 0.0730. The second-order valence-corrected chi connectivity index (χ2v) is 23.1. The molecule has 0 bridgehead atoms. The van der Waals surface area contributed by atoms with E-state index in [1.807, 2.05) is 0 Å². The fourth-order valence-electron chi connectivity index (χ4n) is 13.4. The van der Waals surface area contributed by atoms with E-state index >= 15 is 0 Å². The molecular formula is C78H75N. The molecule has 9 aromatic rings. The molecule has 0 aliphatic heterocycles. The van der Waals surface area contributed by atoms with Crippen LogP contribution in [0.4, 0.5) is 11.4 Å². The van der Waals surface area contributed by atoms with Gasteiger partial charge in [0.25, 0.3) is 0 Å². The number of hydrogen-bond acceptors (Lipinski definition) is 1. The highest BCUT2D eigenvalue weighted by Gasteiger charge is 2.44. The lowest BCUT2D eigenvalue weighted by Gasteiger charge is -2.46. The average molecular weight is 1030 g/mol. The molecule has 3 aliphatic carbocycles. The minimum absolute atomic E-state index is 0.222. The summed E-state index contributed by atoms with van der Waals surface area (Å²) >= 11 is 0. The number of anilines is 2. The van der Waals surface area contributed by atoms with E-state index in [4.69, 9.17) is 0 Å². The van der Waals surface area contributed by atoms with Crippen LogP contribution in [0.5, 0.6) is 0 Å². The van der Waals surface area contributed by atoms with Gasteiger partial charge in [0.05, 0.1) is 0 Å². The van der Waals surface area contributed by atoms with E-state index in [9.17, 15) is 0 Å². The van der Waals surface area contributed by atoms with Crippen LogP contribution in [0, 0.1) is 23.7 Å². The molecule has 0 saturated carbocycles. The van der Waals surface area contributed by atoms with Crippen LogP contribution in [-0.4, -0.2) is 0 Å². The maximum Gasteiger partial charge on any atom is 0.0500 e. The molecule has 0 N–H and O–H groups in total. The van der Waals surface area contributed by atoms with E-state index in [1.54, 1.807) is 11.1 Å². The van der Waals surface area contributed by atoms with Crippen LogP contribution in [0.15, 0.2) is 255 Å². The van der Waals surface area contributed by atoms with Gasteiger partial charge < -0.3 is 4.90 Å². The van der Waals surface area contributed by atoms with Crippen molar-refractivity contribution in [1.29, 1.82) is 0 Å². The van der Waals surface area contributed by atoms with Crippen molar-refractivity contribution in [2.45, 2.75) is 90.4 Å². The van der Waals surface area contributed by atoms with Crippen LogP contribution < -0.4 is 4.90 Å². The van der Waals surface area contributed by atoms with Crippen molar-refractivity contribution < 1.29 is 0 Å². The average Bonchev–Trinajstić information content (AvgIpc) is 3.64. The Balaban J connectivity index is 0.981. The Hall–Kier alpha value is -8.00. The lowest BCUT2D eigenvalue weighted by atomic mass is 9.59. The monoisotopic (exact) mass is 1030 g/mol. The predicted octanol–water partition coefficient (Wildman–Crippen LogP) is 19.7. The maximum atomic E-state index is 2.76. The van der Waals surface area contributed by atoms with Crippen molar-refractivity contribution in [2.24, 2.45) is 23.7 Å². The summed E-state index contributed by atoms with van der Waals surface area (Å²) in [6.45, 7) is 9.74. The van der Waals surface area contributed by atoms with Crippen LogP contribution in [0.3, 0.4) is 0 Å². The lowest BCUT2D eigenvalue weighted by Crippen LogP contribution is -2.34. The zero-order valence-corrected chi connectivity index (χ0v) is 46.7. The van der Waals surface area contributed by atoms with Crippen molar-refractivity contribution in [3.8, 4) is 0 Å². The number of benzene rings is 9. The van der Waals surface area contributed by atoms with Gasteiger partial charge in [-0.2, -0.15) is 0 Å². The zero-order valence-electron chi connectivity index (χ0n) is 46.7. The highest BCUT2D eigenvalue weighted by atomic mass is 15.2. The third-order valence-electron chi connectivity index (χ3n) is 18.0. The molecule has 0 fully saturated rings. The van der Waals surface area contributed by atoms with E-state index in [0.717, 1.165) is 44.9 Å². The molecule has 0 aromatic heterocycles. The molecule has 6 unspecified atom stereocenters. The summed E-state index contributed by atoms with van der Waals surface area (Å²) in [5.41, 5.74) is 24.7. The van der Waals surface area contributed by atoms with E-state index in [1.165, 1.54) is 89.4 Å². The number of allylic oxidation sites excluding steroid dienone is 5. The van der Waals surface area contributed by atoms with Crippen LogP contribution in [0.25, 0.3) is 11.3 Å². The minimum atomic E-state index is 0.222. The minimum Gasteiger partial charge on any atom is -0.310 e. The number of rotatable bonds is 19. The van der Waals surface area contributed by atoms with Crippen molar-refractivity contribution in [1.82, 2.24) is 0 Å². The summed E-state index contributed by atoms with van der Waals surface area (Å²) in [6.07, 6.45) is 17.6. The molecule has 0 saturated heterocycles. The van der Waals surface area contributed by atoms with Gasteiger partial charge >= 0.3 is 0 Å². The molecule has 9 aromatic carbocycles. The van der Waals surface area contributed by atoms with Gasteiger partial charge in [-0.15, -0.1) is 0 Å². The van der Waals surface area contributed by atoms with Crippen LogP contribution >= 0.6 is 0 Å².